The topological polar surface area (TPSA) is 63.1 Å². The molecule has 0 aliphatic rings. The first-order chi connectivity index (χ1) is 10.2. The second-order valence-electron chi connectivity index (χ2n) is 4.51. The largest absolute Gasteiger partial charge is 0.478 e. The maximum Gasteiger partial charge on any atom is 0.337 e. The van der Waals surface area contributed by atoms with Crippen LogP contribution in [0.3, 0.4) is 0 Å². The van der Waals surface area contributed by atoms with Crippen LogP contribution in [-0.2, 0) is 5.75 Å². The summed E-state index contributed by atoms with van der Waals surface area (Å²) in [7, 11) is 0. The SMILES string of the molecule is O=C(O)c1ccc(SCc2ccc3ncccc3c2)nc1. The third-order valence-corrected chi connectivity index (χ3v) is 4.05. The standard InChI is InChI=1S/C16H12N2O2S/c19-16(20)13-4-6-15(18-9-13)21-10-11-3-5-14-12(8-11)2-1-7-17-14/h1-9H,10H2,(H,19,20). The van der Waals surface area contributed by atoms with Gasteiger partial charge in [0, 0.05) is 23.5 Å². The number of benzene rings is 1. The summed E-state index contributed by atoms with van der Waals surface area (Å²) in [6, 6.07) is 13.4. The van der Waals surface area contributed by atoms with E-state index in [9.17, 15) is 4.79 Å². The Bertz CT molecular complexity index is 788. The molecule has 0 atom stereocenters. The molecule has 3 rings (SSSR count). The van der Waals surface area contributed by atoms with Crippen molar-refractivity contribution in [2.45, 2.75) is 10.8 Å². The molecule has 1 N–H and O–H groups in total. The highest BCUT2D eigenvalue weighted by Gasteiger charge is 2.04. The Balaban J connectivity index is 1.72. The van der Waals surface area contributed by atoms with Crippen molar-refractivity contribution >= 4 is 28.6 Å². The van der Waals surface area contributed by atoms with Gasteiger partial charge in [0.25, 0.3) is 0 Å². The fraction of sp³-hybridized carbons (Fsp3) is 0.0625. The second kappa shape index (κ2) is 5.93. The number of carbonyl (C=O) groups is 1. The lowest BCUT2D eigenvalue weighted by Crippen LogP contribution is -1.96. The van der Waals surface area contributed by atoms with Gasteiger partial charge in [-0.15, -0.1) is 11.8 Å². The molecule has 0 amide bonds. The number of carboxylic acids is 1. The van der Waals surface area contributed by atoms with Crippen LogP contribution in [0.15, 0.2) is 59.9 Å². The van der Waals surface area contributed by atoms with Crippen LogP contribution in [0, 0.1) is 0 Å². The van der Waals surface area contributed by atoms with Crippen molar-refractivity contribution in [1.29, 1.82) is 0 Å². The Kier molecular flexibility index (Phi) is 3.83. The molecule has 3 aromatic rings. The highest BCUT2D eigenvalue weighted by atomic mass is 32.2. The quantitative estimate of drug-likeness (QED) is 0.745. The predicted molar refractivity (Wildman–Crippen MR) is 82.5 cm³/mol. The summed E-state index contributed by atoms with van der Waals surface area (Å²) in [4.78, 5) is 19.2. The third-order valence-electron chi connectivity index (χ3n) is 3.04. The number of hydrogen-bond acceptors (Lipinski definition) is 4. The summed E-state index contributed by atoms with van der Waals surface area (Å²) in [5.41, 5.74) is 2.37. The summed E-state index contributed by atoms with van der Waals surface area (Å²) in [6.45, 7) is 0. The zero-order valence-electron chi connectivity index (χ0n) is 11.1. The summed E-state index contributed by atoms with van der Waals surface area (Å²) in [5.74, 6) is -0.175. The monoisotopic (exact) mass is 296 g/mol. The number of aromatic nitrogens is 2. The molecule has 104 valence electrons. The van der Waals surface area contributed by atoms with Crippen LogP contribution in [-0.4, -0.2) is 21.0 Å². The van der Waals surface area contributed by atoms with Gasteiger partial charge >= 0.3 is 5.97 Å². The van der Waals surface area contributed by atoms with Crippen LogP contribution in [0.1, 0.15) is 15.9 Å². The Morgan fingerprint density at radius 2 is 2.05 bits per heavy atom. The van der Waals surface area contributed by atoms with Crippen LogP contribution in [0.5, 0.6) is 0 Å². The van der Waals surface area contributed by atoms with E-state index in [4.69, 9.17) is 5.11 Å². The molecule has 0 fully saturated rings. The molecule has 4 nitrogen and oxygen atoms in total. The zero-order valence-corrected chi connectivity index (χ0v) is 11.9. The Morgan fingerprint density at radius 3 is 2.81 bits per heavy atom. The van der Waals surface area contributed by atoms with Gasteiger partial charge in [0.2, 0.25) is 0 Å². The summed E-state index contributed by atoms with van der Waals surface area (Å²) < 4.78 is 0. The zero-order chi connectivity index (χ0) is 14.7. The molecule has 0 aliphatic carbocycles. The Hall–Kier alpha value is -2.40. The third kappa shape index (κ3) is 3.20. The first-order valence-corrected chi connectivity index (χ1v) is 7.37. The van der Waals surface area contributed by atoms with Crippen LogP contribution < -0.4 is 0 Å². The van der Waals surface area contributed by atoms with Gasteiger partial charge < -0.3 is 5.11 Å². The first kappa shape index (κ1) is 13.6. The summed E-state index contributed by atoms with van der Waals surface area (Å²) >= 11 is 1.58. The van der Waals surface area contributed by atoms with Crippen molar-refractivity contribution in [3.63, 3.8) is 0 Å². The van der Waals surface area contributed by atoms with Crippen molar-refractivity contribution < 1.29 is 9.90 Å². The fourth-order valence-corrected chi connectivity index (χ4v) is 2.75. The van der Waals surface area contributed by atoms with Gasteiger partial charge in [-0.1, -0.05) is 12.1 Å². The average molecular weight is 296 g/mol. The van der Waals surface area contributed by atoms with Gasteiger partial charge in [-0.3, -0.25) is 4.98 Å². The smallest absolute Gasteiger partial charge is 0.337 e. The van der Waals surface area contributed by atoms with Crippen molar-refractivity contribution in [2.75, 3.05) is 0 Å². The first-order valence-electron chi connectivity index (χ1n) is 6.38. The maximum absolute atomic E-state index is 10.8. The molecular formula is C16H12N2O2S. The molecular weight excluding hydrogens is 284 g/mol. The normalized spacial score (nSPS) is 10.7. The van der Waals surface area contributed by atoms with E-state index in [1.54, 1.807) is 30.1 Å². The van der Waals surface area contributed by atoms with E-state index in [0.29, 0.717) is 0 Å². The molecule has 0 bridgehead atoms. The van der Waals surface area contributed by atoms with Crippen LogP contribution in [0.2, 0.25) is 0 Å². The number of fused-ring (bicyclic) bond motifs is 1. The highest BCUT2D eigenvalue weighted by Crippen LogP contribution is 2.23. The number of thioether (sulfide) groups is 1. The van der Waals surface area contributed by atoms with Gasteiger partial charge in [-0.05, 0) is 35.9 Å². The molecule has 0 radical (unpaired) electrons. The average Bonchev–Trinajstić information content (AvgIpc) is 2.53. The summed E-state index contributed by atoms with van der Waals surface area (Å²) in [5, 5.41) is 10.8. The highest BCUT2D eigenvalue weighted by molar-refractivity contribution is 7.98. The van der Waals surface area contributed by atoms with Gasteiger partial charge in [0.15, 0.2) is 0 Å². The van der Waals surface area contributed by atoms with E-state index in [1.807, 2.05) is 24.3 Å². The molecule has 0 saturated carbocycles. The van der Waals surface area contributed by atoms with Crippen molar-refractivity contribution in [1.82, 2.24) is 9.97 Å². The molecule has 0 saturated heterocycles. The van der Waals surface area contributed by atoms with Crippen molar-refractivity contribution in [3.8, 4) is 0 Å². The molecule has 0 unspecified atom stereocenters. The lowest BCUT2D eigenvalue weighted by molar-refractivity contribution is 0.0696. The van der Waals surface area contributed by atoms with Gasteiger partial charge in [-0.25, -0.2) is 9.78 Å². The van der Waals surface area contributed by atoms with Crippen LogP contribution >= 0.6 is 11.8 Å². The van der Waals surface area contributed by atoms with Gasteiger partial charge in [0.05, 0.1) is 16.1 Å². The summed E-state index contributed by atoms with van der Waals surface area (Å²) in [6.07, 6.45) is 3.17. The van der Waals surface area contributed by atoms with E-state index in [-0.39, 0.29) is 5.56 Å². The molecule has 0 spiro atoms. The van der Waals surface area contributed by atoms with Crippen LogP contribution in [0.4, 0.5) is 0 Å². The second-order valence-corrected chi connectivity index (χ2v) is 5.51. The fourth-order valence-electron chi connectivity index (χ4n) is 1.96. The van der Waals surface area contributed by atoms with E-state index in [2.05, 4.69) is 16.0 Å². The van der Waals surface area contributed by atoms with Crippen LogP contribution in [0.25, 0.3) is 10.9 Å². The molecule has 1 aromatic carbocycles. The van der Waals surface area contributed by atoms with E-state index in [0.717, 1.165) is 21.7 Å². The minimum atomic E-state index is -0.957. The Morgan fingerprint density at radius 1 is 1.14 bits per heavy atom. The molecule has 21 heavy (non-hydrogen) atoms. The minimum Gasteiger partial charge on any atom is -0.478 e. The molecule has 5 heteroatoms. The maximum atomic E-state index is 10.8. The van der Waals surface area contributed by atoms with E-state index in [1.165, 1.54) is 11.8 Å². The number of pyridine rings is 2. The Labute approximate surface area is 125 Å². The van der Waals surface area contributed by atoms with E-state index >= 15 is 0 Å². The predicted octanol–water partition coefficient (Wildman–Crippen LogP) is 3.62. The van der Waals surface area contributed by atoms with Gasteiger partial charge in [0.1, 0.15) is 0 Å². The number of nitrogens with zero attached hydrogens (tertiary/aromatic N) is 2. The molecule has 2 aromatic heterocycles. The lowest BCUT2D eigenvalue weighted by Gasteiger charge is -2.03. The molecule has 2 heterocycles. The lowest BCUT2D eigenvalue weighted by atomic mass is 10.1. The van der Waals surface area contributed by atoms with Crippen molar-refractivity contribution in [3.05, 3.63) is 66.0 Å². The number of hydrogen-bond donors (Lipinski definition) is 1. The minimum absolute atomic E-state index is 0.205. The van der Waals surface area contributed by atoms with Crippen molar-refractivity contribution in [2.24, 2.45) is 0 Å². The molecule has 0 aliphatic heterocycles. The van der Waals surface area contributed by atoms with E-state index < -0.39 is 5.97 Å². The number of carboxylic acid groups (broad SMARTS) is 1. The number of rotatable bonds is 4. The number of aromatic carboxylic acids is 1. The van der Waals surface area contributed by atoms with Gasteiger partial charge in [-0.2, -0.15) is 0 Å².